The van der Waals surface area contributed by atoms with E-state index in [4.69, 9.17) is 10.5 Å². The molecule has 1 atom stereocenters. The summed E-state index contributed by atoms with van der Waals surface area (Å²) in [5.74, 6) is -1.21. The zero-order chi connectivity index (χ0) is 23.5. The van der Waals surface area contributed by atoms with Gasteiger partial charge in [-0.25, -0.2) is 13.8 Å². The maximum absolute atomic E-state index is 14.2. The van der Waals surface area contributed by atoms with Gasteiger partial charge in [0.15, 0.2) is 11.5 Å². The molecule has 10 heteroatoms. The first kappa shape index (κ1) is 22.4. The summed E-state index contributed by atoms with van der Waals surface area (Å²) in [5.41, 5.74) is 6.86. The molecule has 33 heavy (non-hydrogen) atoms. The second-order valence-electron chi connectivity index (χ2n) is 7.91. The van der Waals surface area contributed by atoms with Crippen molar-refractivity contribution in [1.29, 1.82) is 0 Å². The van der Waals surface area contributed by atoms with Gasteiger partial charge in [-0.2, -0.15) is 5.10 Å². The largest absolute Gasteiger partial charge is 0.492 e. The van der Waals surface area contributed by atoms with Gasteiger partial charge in [0.2, 0.25) is 0 Å². The number of benzene rings is 1. The van der Waals surface area contributed by atoms with E-state index >= 15 is 0 Å². The second kappa shape index (κ2) is 9.37. The van der Waals surface area contributed by atoms with Crippen LogP contribution in [0.5, 0.6) is 5.75 Å². The molecule has 2 heterocycles. The van der Waals surface area contributed by atoms with Gasteiger partial charge >= 0.3 is 0 Å². The molecule has 0 saturated heterocycles. The first-order chi connectivity index (χ1) is 15.8. The Morgan fingerprint density at radius 3 is 2.82 bits per heavy atom. The molecule has 0 aliphatic heterocycles. The molecule has 1 amide bonds. The Morgan fingerprint density at radius 2 is 2.09 bits per heavy atom. The van der Waals surface area contributed by atoms with Crippen LogP contribution < -0.4 is 15.8 Å². The molecule has 1 aromatic carbocycles. The summed E-state index contributed by atoms with van der Waals surface area (Å²) in [5, 5.41) is 10.3. The van der Waals surface area contributed by atoms with E-state index in [0.717, 1.165) is 17.9 Å². The standard InChI is InChI=1S/C23H24F2N6O2/c1-31(2)9-10-33-15-5-3-13(4-6-15)21-16-11-14(12-27-22(16)30-29-21)28-23(32)19-17(24)7-8-18(26)20(19)25/h3-6,8,11-12,17H,7,9-10,26H2,1-2H3,(H,28,32)(H,27,29,30). The summed E-state index contributed by atoms with van der Waals surface area (Å²) < 4.78 is 34.1. The smallest absolute Gasteiger partial charge is 0.257 e. The fraction of sp³-hybridized carbons (Fsp3) is 0.261. The van der Waals surface area contributed by atoms with Gasteiger partial charge in [0.05, 0.1) is 23.2 Å². The third-order valence-corrected chi connectivity index (χ3v) is 5.20. The quantitative estimate of drug-likeness (QED) is 0.505. The van der Waals surface area contributed by atoms with Crippen molar-refractivity contribution in [3.8, 4) is 17.0 Å². The molecule has 3 aromatic rings. The summed E-state index contributed by atoms with van der Waals surface area (Å²) in [6.45, 7) is 1.38. The van der Waals surface area contributed by atoms with Crippen LogP contribution in [0.15, 0.2) is 59.7 Å². The number of fused-ring (bicyclic) bond motifs is 1. The lowest BCUT2D eigenvalue weighted by atomic mass is 9.99. The van der Waals surface area contributed by atoms with E-state index in [-0.39, 0.29) is 17.8 Å². The number of hydrogen-bond donors (Lipinski definition) is 3. The molecule has 0 bridgehead atoms. The summed E-state index contributed by atoms with van der Waals surface area (Å²) >= 11 is 0. The minimum absolute atomic E-state index is 0.153. The van der Waals surface area contributed by atoms with Crippen LogP contribution in [0.4, 0.5) is 14.5 Å². The third kappa shape index (κ3) is 4.85. The highest BCUT2D eigenvalue weighted by Gasteiger charge is 2.29. The van der Waals surface area contributed by atoms with Crippen LogP contribution in [0.25, 0.3) is 22.3 Å². The molecular formula is C23H24F2N6O2. The van der Waals surface area contributed by atoms with Gasteiger partial charge in [-0.1, -0.05) is 6.08 Å². The number of nitrogens with one attached hydrogen (secondary N) is 2. The highest BCUT2D eigenvalue weighted by Crippen LogP contribution is 2.30. The van der Waals surface area contributed by atoms with Crippen LogP contribution in [-0.2, 0) is 4.79 Å². The van der Waals surface area contributed by atoms with Crippen LogP contribution in [-0.4, -0.2) is 59.4 Å². The minimum atomic E-state index is -1.77. The number of nitrogens with two attached hydrogens (primary N) is 1. The number of amides is 1. The average molecular weight is 454 g/mol. The van der Waals surface area contributed by atoms with E-state index in [2.05, 4.69) is 20.5 Å². The average Bonchev–Trinajstić information content (AvgIpc) is 3.20. The summed E-state index contributed by atoms with van der Waals surface area (Å²) in [6, 6.07) is 9.09. The molecule has 1 aliphatic rings. The molecule has 1 unspecified atom stereocenters. The van der Waals surface area contributed by atoms with Crippen LogP contribution in [0.2, 0.25) is 0 Å². The number of rotatable bonds is 7. The first-order valence-corrected chi connectivity index (χ1v) is 10.4. The van der Waals surface area contributed by atoms with Gasteiger partial charge in [0.1, 0.15) is 24.2 Å². The number of alkyl halides is 1. The van der Waals surface area contributed by atoms with Crippen molar-refractivity contribution >= 4 is 22.6 Å². The molecule has 172 valence electrons. The Balaban J connectivity index is 1.55. The monoisotopic (exact) mass is 454 g/mol. The van der Waals surface area contributed by atoms with Crippen LogP contribution in [0, 0.1) is 0 Å². The molecule has 8 nitrogen and oxygen atoms in total. The lowest BCUT2D eigenvalue weighted by Gasteiger charge is -2.17. The molecule has 0 radical (unpaired) electrons. The van der Waals surface area contributed by atoms with Crippen LogP contribution in [0.3, 0.4) is 0 Å². The van der Waals surface area contributed by atoms with E-state index in [1.807, 2.05) is 43.3 Å². The Morgan fingerprint density at radius 1 is 1.33 bits per heavy atom. The topological polar surface area (TPSA) is 109 Å². The number of carbonyl (C=O) groups excluding carboxylic acids is 1. The normalized spacial score (nSPS) is 16.3. The fourth-order valence-corrected chi connectivity index (χ4v) is 3.42. The molecule has 1 aliphatic carbocycles. The lowest BCUT2D eigenvalue weighted by Crippen LogP contribution is -2.26. The van der Waals surface area contributed by atoms with E-state index in [9.17, 15) is 13.6 Å². The number of pyridine rings is 1. The van der Waals surface area contributed by atoms with Crippen LogP contribution in [0.1, 0.15) is 6.42 Å². The van der Waals surface area contributed by atoms with Crippen LogP contribution >= 0.6 is 0 Å². The first-order valence-electron chi connectivity index (χ1n) is 10.4. The number of likely N-dealkylation sites (N-methyl/N-ethyl adjacent to an activating group) is 1. The zero-order valence-electron chi connectivity index (χ0n) is 18.2. The molecule has 0 spiro atoms. The van der Waals surface area contributed by atoms with Crippen molar-refractivity contribution in [2.24, 2.45) is 5.73 Å². The summed E-state index contributed by atoms with van der Waals surface area (Å²) in [4.78, 5) is 18.8. The number of aromatic nitrogens is 3. The zero-order valence-corrected chi connectivity index (χ0v) is 18.2. The maximum Gasteiger partial charge on any atom is 0.257 e. The number of hydrogen-bond acceptors (Lipinski definition) is 6. The van der Waals surface area contributed by atoms with E-state index < -0.39 is 23.5 Å². The minimum Gasteiger partial charge on any atom is -0.492 e. The third-order valence-electron chi connectivity index (χ3n) is 5.20. The SMILES string of the molecule is CN(C)CCOc1ccc(-c2n[nH]c3ncc(NC(=O)C4=C(F)C(N)=CCC4F)cc23)cc1. The van der Waals surface area contributed by atoms with Gasteiger partial charge in [-0.15, -0.1) is 0 Å². The van der Waals surface area contributed by atoms with Gasteiger partial charge in [-0.3, -0.25) is 9.89 Å². The van der Waals surface area contributed by atoms with E-state index in [1.165, 1.54) is 12.3 Å². The van der Waals surface area contributed by atoms with Gasteiger partial charge in [0, 0.05) is 23.9 Å². The molecule has 0 fully saturated rings. The molecule has 4 rings (SSSR count). The number of carbonyl (C=O) groups is 1. The fourth-order valence-electron chi connectivity index (χ4n) is 3.42. The van der Waals surface area contributed by atoms with Crippen molar-refractivity contribution in [3.63, 3.8) is 0 Å². The molecular weight excluding hydrogens is 430 g/mol. The highest BCUT2D eigenvalue weighted by atomic mass is 19.1. The second-order valence-corrected chi connectivity index (χ2v) is 7.91. The summed E-state index contributed by atoms with van der Waals surface area (Å²) in [6.07, 6.45) is 0.690. The van der Waals surface area contributed by atoms with Crippen molar-refractivity contribution in [1.82, 2.24) is 20.1 Å². The van der Waals surface area contributed by atoms with Gasteiger partial charge in [0.25, 0.3) is 5.91 Å². The molecule has 2 aromatic heterocycles. The predicted molar refractivity (Wildman–Crippen MR) is 122 cm³/mol. The lowest BCUT2D eigenvalue weighted by molar-refractivity contribution is -0.113. The number of ether oxygens (including phenoxy) is 1. The Hall–Kier alpha value is -3.79. The molecule has 0 saturated carbocycles. The van der Waals surface area contributed by atoms with E-state index in [1.54, 1.807) is 6.07 Å². The number of halogens is 2. The predicted octanol–water partition coefficient (Wildman–Crippen LogP) is 3.31. The van der Waals surface area contributed by atoms with Crippen molar-refractivity contribution in [2.45, 2.75) is 12.6 Å². The van der Waals surface area contributed by atoms with Crippen molar-refractivity contribution in [3.05, 3.63) is 59.7 Å². The number of aromatic amines is 1. The summed E-state index contributed by atoms with van der Waals surface area (Å²) in [7, 11) is 3.95. The number of anilines is 1. The maximum atomic E-state index is 14.2. The van der Waals surface area contributed by atoms with Gasteiger partial charge < -0.3 is 20.7 Å². The Bertz CT molecular complexity index is 1230. The molecule has 4 N–H and O–H groups in total. The Labute approximate surface area is 189 Å². The highest BCUT2D eigenvalue weighted by molar-refractivity contribution is 6.06. The van der Waals surface area contributed by atoms with Crippen molar-refractivity contribution < 1.29 is 18.3 Å². The van der Waals surface area contributed by atoms with E-state index in [0.29, 0.717) is 23.3 Å². The van der Waals surface area contributed by atoms with Gasteiger partial charge in [-0.05, 0) is 44.4 Å². The number of nitrogens with zero attached hydrogens (tertiary/aromatic N) is 3. The van der Waals surface area contributed by atoms with Crippen molar-refractivity contribution in [2.75, 3.05) is 32.6 Å². The number of allylic oxidation sites excluding steroid dienone is 2. The number of H-pyrrole nitrogens is 1. The Kier molecular flexibility index (Phi) is 6.36.